The van der Waals surface area contributed by atoms with Crippen molar-refractivity contribution >= 4 is 28.9 Å². The number of benzene rings is 3. The zero-order valence-corrected chi connectivity index (χ0v) is 17.0. The number of nitrogens with zero attached hydrogens (tertiary/aromatic N) is 2. The van der Waals surface area contributed by atoms with Crippen LogP contribution in [0, 0.1) is 17.0 Å². The Morgan fingerprint density at radius 2 is 1.81 bits per heavy atom. The van der Waals surface area contributed by atoms with Crippen LogP contribution in [-0.2, 0) is 6.42 Å². The van der Waals surface area contributed by atoms with Gasteiger partial charge in [-0.3, -0.25) is 19.7 Å². The molecule has 0 fully saturated rings. The number of hydrogen-bond acceptors (Lipinski definition) is 4. The molecule has 7 nitrogen and oxygen atoms in total. The molecule has 1 heterocycles. The fourth-order valence-corrected chi connectivity index (χ4v) is 3.87. The molecule has 0 radical (unpaired) electrons. The maximum absolute atomic E-state index is 13.0. The standard InChI is InChI=1S/C24H21N3O4/c1-16-20(10-5-11-21(16)27(30)31)23(28)25-19-13-12-17-9-6-14-26(22(17)15-19)24(29)18-7-3-2-4-8-18/h2-5,7-8,10-13,15H,6,9,14H2,1H3,(H,25,28). The summed E-state index contributed by atoms with van der Waals surface area (Å²) in [4.78, 5) is 38.2. The molecule has 0 saturated heterocycles. The van der Waals surface area contributed by atoms with Crippen molar-refractivity contribution < 1.29 is 14.5 Å². The van der Waals surface area contributed by atoms with Crippen LogP contribution in [0.25, 0.3) is 0 Å². The Labute approximate surface area is 179 Å². The number of nitro groups is 1. The van der Waals surface area contributed by atoms with E-state index in [0.717, 1.165) is 24.1 Å². The lowest BCUT2D eigenvalue weighted by molar-refractivity contribution is -0.385. The Morgan fingerprint density at radius 1 is 1.03 bits per heavy atom. The summed E-state index contributed by atoms with van der Waals surface area (Å²) in [6.07, 6.45) is 1.72. The van der Waals surface area contributed by atoms with E-state index in [1.54, 1.807) is 42.2 Å². The normalized spacial score (nSPS) is 12.7. The molecule has 3 aromatic carbocycles. The number of carbonyl (C=O) groups is 2. The summed E-state index contributed by atoms with van der Waals surface area (Å²) in [5.74, 6) is -0.516. The van der Waals surface area contributed by atoms with Gasteiger partial charge in [0.1, 0.15) is 0 Å². The molecule has 0 bridgehead atoms. The van der Waals surface area contributed by atoms with Gasteiger partial charge in [0.25, 0.3) is 17.5 Å². The lowest BCUT2D eigenvalue weighted by atomic mass is 9.99. The molecule has 3 aromatic rings. The van der Waals surface area contributed by atoms with E-state index in [2.05, 4.69) is 5.32 Å². The van der Waals surface area contributed by atoms with Gasteiger partial charge in [-0.2, -0.15) is 0 Å². The van der Waals surface area contributed by atoms with Crippen molar-refractivity contribution in [3.8, 4) is 0 Å². The van der Waals surface area contributed by atoms with Crippen molar-refractivity contribution in [2.75, 3.05) is 16.8 Å². The average Bonchev–Trinajstić information content (AvgIpc) is 2.78. The highest BCUT2D eigenvalue weighted by Crippen LogP contribution is 2.32. The van der Waals surface area contributed by atoms with Gasteiger partial charge in [0.2, 0.25) is 0 Å². The van der Waals surface area contributed by atoms with Gasteiger partial charge in [-0.05, 0) is 55.7 Å². The van der Waals surface area contributed by atoms with Crippen molar-refractivity contribution in [3.63, 3.8) is 0 Å². The van der Waals surface area contributed by atoms with Crippen molar-refractivity contribution in [2.24, 2.45) is 0 Å². The molecule has 156 valence electrons. The first kappa shape index (κ1) is 20.3. The molecular formula is C24H21N3O4. The summed E-state index contributed by atoms with van der Waals surface area (Å²) >= 11 is 0. The van der Waals surface area contributed by atoms with E-state index in [9.17, 15) is 19.7 Å². The van der Waals surface area contributed by atoms with Gasteiger partial charge >= 0.3 is 0 Å². The molecule has 31 heavy (non-hydrogen) atoms. The fourth-order valence-electron chi connectivity index (χ4n) is 3.87. The van der Waals surface area contributed by atoms with Crippen molar-refractivity contribution in [3.05, 3.63) is 99.1 Å². The fraction of sp³-hybridized carbons (Fsp3) is 0.167. The molecule has 2 amide bonds. The minimum Gasteiger partial charge on any atom is -0.322 e. The van der Waals surface area contributed by atoms with Crippen LogP contribution >= 0.6 is 0 Å². The second-order valence-electron chi connectivity index (χ2n) is 7.43. The first-order chi connectivity index (χ1) is 15.0. The predicted molar refractivity (Wildman–Crippen MR) is 119 cm³/mol. The third kappa shape index (κ3) is 4.02. The summed E-state index contributed by atoms with van der Waals surface area (Å²) in [6.45, 7) is 2.16. The quantitative estimate of drug-likeness (QED) is 0.492. The topological polar surface area (TPSA) is 92.6 Å². The van der Waals surface area contributed by atoms with E-state index in [-0.39, 0.29) is 17.2 Å². The highest BCUT2D eigenvalue weighted by molar-refractivity contribution is 6.08. The zero-order chi connectivity index (χ0) is 22.0. The maximum Gasteiger partial charge on any atom is 0.273 e. The van der Waals surface area contributed by atoms with Crippen molar-refractivity contribution in [2.45, 2.75) is 19.8 Å². The molecule has 0 atom stereocenters. The number of rotatable bonds is 4. The number of hydrogen-bond donors (Lipinski definition) is 1. The van der Waals surface area contributed by atoms with Gasteiger partial charge in [0.15, 0.2) is 0 Å². The molecule has 1 N–H and O–H groups in total. The largest absolute Gasteiger partial charge is 0.322 e. The number of nitro benzene ring substituents is 1. The molecule has 0 aromatic heterocycles. The van der Waals surface area contributed by atoms with Crippen LogP contribution in [0.15, 0.2) is 66.7 Å². The predicted octanol–water partition coefficient (Wildman–Crippen LogP) is 4.75. The number of aryl methyl sites for hydroxylation is 1. The Morgan fingerprint density at radius 3 is 2.55 bits per heavy atom. The first-order valence-corrected chi connectivity index (χ1v) is 10.0. The van der Waals surface area contributed by atoms with Crippen LogP contribution in [0.4, 0.5) is 17.1 Å². The van der Waals surface area contributed by atoms with E-state index >= 15 is 0 Å². The Kier molecular flexibility index (Phi) is 5.49. The third-order valence-electron chi connectivity index (χ3n) is 5.47. The third-order valence-corrected chi connectivity index (χ3v) is 5.47. The van der Waals surface area contributed by atoms with Crippen LogP contribution in [0.3, 0.4) is 0 Å². The lowest BCUT2D eigenvalue weighted by Gasteiger charge is -2.30. The molecule has 1 aliphatic heterocycles. The second kappa shape index (κ2) is 8.39. The maximum atomic E-state index is 13.0. The monoisotopic (exact) mass is 415 g/mol. The second-order valence-corrected chi connectivity index (χ2v) is 7.43. The van der Waals surface area contributed by atoms with Gasteiger partial charge in [-0.15, -0.1) is 0 Å². The summed E-state index contributed by atoms with van der Waals surface area (Å²) in [6, 6.07) is 19.0. The number of carbonyl (C=O) groups excluding carboxylic acids is 2. The number of anilines is 2. The highest BCUT2D eigenvalue weighted by atomic mass is 16.6. The summed E-state index contributed by atoms with van der Waals surface area (Å²) < 4.78 is 0. The minimum atomic E-state index is -0.502. The number of nitrogens with one attached hydrogen (secondary N) is 1. The van der Waals surface area contributed by atoms with Crippen LogP contribution in [-0.4, -0.2) is 23.3 Å². The summed E-state index contributed by atoms with van der Waals surface area (Å²) in [5, 5.41) is 14.0. The zero-order valence-electron chi connectivity index (χ0n) is 17.0. The van der Waals surface area contributed by atoms with Crippen molar-refractivity contribution in [1.29, 1.82) is 0 Å². The van der Waals surface area contributed by atoms with Gasteiger partial charge in [-0.1, -0.05) is 30.3 Å². The lowest BCUT2D eigenvalue weighted by Crippen LogP contribution is -2.35. The molecule has 0 aliphatic carbocycles. The summed E-state index contributed by atoms with van der Waals surface area (Å²) in [5.41, 5.74) is 3.40. The first-order valence-electron chi connectivity index (χ1n) is 10.0. The van der Waals surface area contributed by atoms with Gasteiger partial charge in [0, 0.05) is 40.7 Å². The smallest absolute Gasteiger partial charge is 0.273 e. The Balaban J connectivity index is 1.62. The molecule has 0 unspecified atom stereocenters. The van der Waals surface area contributed by atoms with Gasteiger partial charge in [-0.25, -0.2) is 0 Å². The number of fused-ring (bicyclic) bond motifs is 1. The molecular weight excluding hydrogens is 394 g/mol. The van der Waals surface area contributed by atoms with Crippen LogP contribution in [0.5, 0.6) is 0 Å². The highest BCUT2D eigenvalue weighted by Gasteiger charge is 2.24. The van der Waals surface area contributed by atoms with E-state index < -0.39 is 10.8 Å². The summed E-state index contributed by atoms with van der Waals surface area (Å²) in [7, 11) is 0. The van der Waals surface area contributed by atoms with E-state index in [0.29, 0.717) is 23.4 Å². The Hall–Kier alpha value is -4.00. The molecule has 0 saturated carbocycles. The van der Waals surface area contributed by atoms with Crippen LogP contribution < -0.4 is 10.2 Å². The average molecular weight is 415 g/mol. The Bertz CT molecular complexity index is 1170. The number of amides is 2. The van der Waals surface area contributed by atoms with Crippen LogP contribution in [0.1, 0.15) is 38.3 Å². The minimum absolute atomic E-state index is 0.0837. The van der Waals surface area contributed by atoms with Gasteiger partial charge < -0.3 is 10.2 Å². The van der Waals surface area contributed by atoms with Crippen molar-refractivity contribution in [1.82, 2.24) is 0 Å². The van der Waals surface area contributed by atoms with Gasteiger partial charge in [0.05, 0.1) is 4.92 Å². The SMILES string of the molecule is Cc1c(C(=O)Nc2ccc3c(c2)N(C(=O)c2ccccc2)CCC3)cccc1[N+](=O)[O-]. The van der Waals surface area contributed by atoms with E-state index in [1.807, 2.05) is 24.3 Å². The van der Waals surface area contributed by atoms with Crippen LogP contribution in [0.2, 0.25) is 0 Å². The molecule has 4 rings (SSSR count). The molecule has 1 aliphatic rings. The molecule has 7 heteroatoms. The molecule has 0 spiro atoms. The van der Waals surface area contributed by atoms with E-state index in [1.165, 1.54) is 12.1 Å². The van der Waals surface area contributed by atoms with E-state index in [4.69, 9.17) is 0 Å².